The molecule has 6 rings (SSSR count). The van der Waals surface area contributed by atoms with Crippen LogP contribution in [0.1, 0.15) is 65.8 Å². The lowest BCUT2D eigenvalue weighted by atomic mass is 9.81. The second kappa shape index (κ2) is 17.9. The number of hydrogen-bond acceptors (Lipinski definition) is 8. The summed E-state index contributed by atoms with van der Waals surface area (Å²) < 4.78 is 55.9. The smallest absolute Gasteiger partial charge is 0.411 e. The molecule has 8 N–H and O–H groups in total. The van der Waals surface area contributed by atoms with Gasteiger partial charge in [-0.3, -0.25) is 19.5 Å². The van der Waals surface area contributed by atoms with E-state index in [1.165, 1.54) is 24.3 Å². The number of aromatic amines is 1. The Balaban J connectivity index is 1.15. The predicted molar refractivity (Wildman–Crippen MR) is 207 cm³/mol. The van der Waals surface area contributed by atoms with E-state index in [2.05, 4.69) is 31.3 Å². The van der Waals surface area contributed by atoms with Gasteiger partial charge in [0, 0.05) is 35.2 Å². The highest BCUT2D eigenvalue weighted by atomic mass is 19.3. The van der Waals surface area contributed by atoms with Crippen molar-refractivity contribution in [3.8, 4) is 22.5 Å². The van der Waals surface area contributed by atoms with Gasteiger partial charge in [-0.05, 0) is 130 Å². The van der Waals surface area contributed by atoms with Crippen LogP contribution in [0.4, 0.5) is 23.2 Å². The van der Waals surface area contributed by atoms with Crippen LogP contribution in [0.5, 0.6) is 0 Å². The Labute approximate surface area is 332 Å². The average Bonchev–Trinajstić information content (AvgIpc) is 3.73. The molecule has 2 aliphatic rings. The first-order valence-electron chi connectivity index (χ1n) is 19.2. The van der Waals surface area contributed by atoms with Crippen molar-refractivity contribution in [3.05, 3.63) is 89.2 Å². The molecule has 1 saturated heterocycles. The zero-order valence-corrected chi connectivity index (χ0v) is 31.8. The predicted octanol–water partition coefficient (Wildman–Crippen LogP) is 5.17. The topological polar surface area (TPSA) is 204 Å². The number of nitrogens with zero attached hydrogens (tertiary/aromatic N) is 2. The molecule has 308 valence electrons. The fraction of sp³-hybridized carbons (Fsp3) is 0.415. The number of anilines is 1. The van der Waals surface area contributed by atoms with Gasteiger partial charge in [-0.25, -0.2) is 9.78 Å². The van der Waals surface area contributed by atoms with E-state index < -0.39 is 41.4 Å². The normalized spacial score (nSPS) is 18.2. The highest BCUT2D eigenvalue weighted by Gasteiger charge is 2.65. The summed E-state index contributed by atoms with van der Waals surface area (Å²) in [7, 11) is 0. The third-order valence-corrected chi connectivity index (χ3v) is 10.9. The Morgan fingerprint density at radius 1 is 0.897 bits per heavy atom. The van der Waals surface area contributed by atoms with Crippen LogP contribution in [-0.2, 0) is 26.7 Å². The number of H-pyrrole nitrogens is 1. The average molecular weight is 807 g/mol. The standard InChI is InChI=1S/C41H46F4N8O5/c1-23-20-29(36(55)48-31-16-18-47-19-17-31)12-15-32(23)26-6-2-24(3-7-26)21-33(50-35(54)28-8-4-25(22-46)5-9-28)37(56)49-30-13-10-27(11-14-30)34-51-38(53-52-34)40(42,43)41(44,45)39(57)58/h2-3,6-7,10-15,20,25,28,31,33,47H,4-5,8-9,16-19,21-22,46H2,1H3,(H,48,55)(H,49,56)(H,50,54)(H,57,58)(H,51,52,53). The minimum atomic E-state index is -5.44. The second-order valence-corrected chi connectivity index (χ2v) is 15.0. The molecule has 0 radical (unpaired) electrons. The maximum absolute atomic E-state index is 14.2. The van der Waals surface area contributed by atoms with Crippen molar-refractivity contribution in [2.45, 2.75) is 75.8 Å². The van der Waals surface area contributed by atoms with Gasteiger partial charge in [-0.15, -0.1) is 0 Å². The van der Waals surface area contributed by atoms with Gasteiger partial charge in [-0.1, -0.05) is 30.3 Å². The summed E-state index contributed by atoms with van der Waals surface area (Å²) in [6.45, 7) is 4.24. The molecule has 17 heteroatoms. The molecular weight excluding hydrogens is 760 g/mol. The molecular formula is C41H46F4N8O5. The van der Waals surface area contributed by atoms with E-state index in [-0.39, 0.29) is 41.4 Å². The summed E-state index contributed by atoms with van der Waals surface area (Å²) in [5.74, 6) is -16.5. The summed E-state index contributed by atoms with van der Waals surface area (Å²) in [6, 6.07) is 17.9. The summed E-state index contributed by atoms with van der Waals surface area (Å²) in [5, 5.41) is 25.9. The number of carbonyl (C=O) groups excluding carboxylic acids is 3. The number of carboxylic acid groups (broad SMARTS) is 1. The number of aromatic nitrogens is 3. The number of aliphatic carboxylic acids is 1. The van der Waals surface area contributed by atoms with Crippen LogP contribution in [-0.4, -0.2) is 81.6 Å². The zero-order valence-electron chi connectivity index (χ0n) is 31.8. The van der Waals surface area contributed by atoms with Gasteiger partial charge in [0.2, 0.25) is 17.6 Å². The third-order valence-electron chi connectivity index (χ3n) is 10.9. The Morgan fingerprint density at radius 2 is 1.55 bits per heavy atom. The molecule has 0 bridgehead atoms. The van der Waals surface area contributed by atoms with E-state index in [1.807, 2.05) is 43.3 Å². The van der Waals surface area contributed by atoms with Crippen LogP contribution in [0.2, 0.25) is 0 Å². The summed E-state index contributed by atoms with van der Waals surface area (Å²) in [4.78, 5) is 54.3. The van der Waals surface area contributed by atoms with Gasteiger partial charge in [0.05, 0.1) is 0 Å². The molecule has 0 spiro atoms. The molecule has 13 nitrogen and oxygen atoms in total. The van der Waals surface area contributed by atoms with E-state index in [4.69, 9.17) is 10.8 Å². The first-order chi connectivity index (χ1) is 27.7. The molecule has 3 amide bonds. The molecule has 1 aliphatic heterocycles. The number of nitrogens with two attached hydrogens (primary N) is 1. The number of nitrogens with one attached hydrogen (secondary N) is 5. The van der Waals surface area contributed by atoms with Crippen molar-refractivity contribution in [1.29, 1.82) is 0 Å². The van der Waals surface area contributed by atoms with Crippen LogP contribution in [0, 0.1) is 18.8 Å². The van der Waals surface area contributed by atoms with Gasteiger partial charge in [0.1, 0.15) is 6.04 Å². The minimum absolute atomic E-state index is 0.105. The van der Waals surface area contributed by atoms with Crippen LogP contribution < -0.4 is 27.0 Å². The monoisotopic (exact) mass is 806 g/mol. The lowest BCUT2D eigenvalue weighted by Crippen LogP contribution is -2.48. The highest BCUT2D eigenvalue weighted by Crippen LogP contribution is 2.42. The van der Waals surface area contributed by atoms with Crippen LogP contribution in [0.15, 0.2) is 66.7 Å². The van der Waals surface area contributed by atoms with Gasteiger partial charge in [0.25, 0.3) is 5.91 Å². The number of aryl methyl sites for hydroxylation is 1. The minimum Gasteiger partial charge on any atom is -0.477 e. The van der Waals surface area contributed by atoms with Gasteiger partial charge < -0.3 is 32.1 Å². The fourth-order valence-electron chi connectivity index (χ4n) is 7.33. The number of carboxylic acids is 1. The maximum Gasteiger partial charge on any atom is 0.411 e. The lowest BCUT2D eigenvalue weighted by Gasteiger charge is -2.28. The third kappa shape index (κ3) is 9.53. The molecule has 4 aromatic rings. The SMILES string of the molecule is Cc1cc(C(=O)NC2CCNCC2)ccc1-c1ccc(CC(NC(=O)C2CCC(CN)CC2)C(=O)Nc2ccc(-c3n[nH]c(C(F)(F)C(F)(F)C(=O)O)n3)cc2)cc1. The van der Waals surface area contributed by atoms with Crippen molar-refractivity contribution < 1.29 is 41.8 Å². The number of hydrogen-bond donors (Lipinski definition) is 7. The molecule has 2 fully saturated rings. The fourth-order valence-corrected chi connectivity index (χ4v) is 7.33. The molecule has 1 atom stereocenters. The summed E-state index contributed by atoms with van der Waals surface area (Å²) in [5.41, 5.74) is 10.4. The highest BCUT2D eigenvalue weighted by molar-refractivity contribution is 5.98. The van der Waals surface area contributed by atoms with Crippen molar-refractivity contribution in [2.75, 3.05) is 25.0 Å². The molecule has 1 aromatic heterocycles. The van der Waals surface area contributed by atoms with E-state index in [0.29, 0.717) is 30.9 Å². The summed E-state index contributed by atoms with van der Waals surface area (Å²) >= 11 is 0. The Morgan fingerprint density at radius 3 is 2.17 bits per heavy atom. The number of benzene rings is 3. The van der Waals surface area contributed by atoms with Gasteiger partial charge in [-0.2, -0.15) is 22.7 Å². The molecule has 1 aliphatic carbocycles. The van der Waals surface area contributed by atoms with E-state index in [0.717, 1.165) is 61.0 Å². The number of alkyl halides is 4. The molecule has 1 unspecified atom stereocenters. The van der Waals surface area contributed by atoms with Crippen LogP contribution in [0.25, 0.3) is 22.5 Å². The number of piperidine rings is 1. The van der Waals surface area contributed by atoms with Crippen molar-refractivity contribution in [2.24, 2.45) is 17.6 Å². The van der Waals surface area contributed by atoms with Crippen molar-refractivity contribution in [1.82, 2.24) is 31.1 Å². The number of amides is 3. The van der Waals surface area contributed by atoms with Gasteiger partial charge >= 0.3 is 17.8 Å². The van der Waals surface area contributed by atoms with Crippen LogP contribution >= 0.6 is 0 Å². The van der Waals surface area contributed by atoms with E-state index >= 15 is 0 Å². The molecule has 1 saturated carbocycles. The largest absolute Gasteiger partial charge is 0.477 e. The number of carbonyl (C=O) groups is 4. The van der Waals surface area contributed by atoms with Crippen molar-refractivity contribution >= 4 is 29.4 Å². The van der Waals surface area contributed by atoms with E-state index in [9.17, 15) is 36.7 Å². The molecule has 3 aromatic carbocycles. The Hall–Kier alpha value is -5.68. The lowest BCUT2D eigenvalue weighted by molar-refractivity contribution is -0.231. The second-order valence-electron chi connectivity index (χ2n) is 15.0. The zero-order chi connectivity index (χ0) is 41.6. The number of rotatable bonds is 14. The van der Waals surface area contributed by atoms with Crippen LogP contribution in [0.3, 0.4) is 0 Å². The Kier molecular flexibility index (Phi) is 12.9. The first-order valence-corrected chi connectivity index (χ1v) is 19.2. The number of halogens is 4. The first kappa shape index (κ1) is 41.9. The van der Waals surface area contributed by atoms with E-state index in [1.54, 1.807) is 11.2 Å². The Bertz CT molecular complexity index is 2100. The van der Waals surface area contributed by atoms with Gasteiger partial charge in [0.15, 0.2) is 5.82 Å². The van der Waals surface area contributed by atoms with Crippen molar-refractivity contribution in [3.63, 3.8) is 0 Å². The molecule has 58 heavy (non-hydrogen) atoms. The summed E-state index contributed by atoms with van der Waals surface area (Å²) in [6.07, 6.45) is 4.86. The quantitative estimate of drug-likeness (QED) is 0.0839. The molecule has 2 heterocycles. The maximum atomic E-state index is 14.2.